The number of rotatable bonds is 9. The number of hydrogen-bond donors (Lipinski definition) is 3. The summed E-state index contributed by atoms with van der Waals surface area (Å²) in [6, 6.07) is 16.6. The third kappa shape index (κ3) is 6.39. The Morgan fingerprint density at radius 3 is 2.34 bits per heavy atom. The van der Waals surface area contributed by atoms with E-state index in [0.717, 1.165) is 23.1 Å². The van der Waals surface area contributed by atoms with Crippen molar-refractivity contribution in [3.8, 4) is 5.75 Å². The average Bonchev–Trinajstić information content (AvgIpc) is 2.85. The molecule has 184 valence electrons. The van der Waals surface area contributed by atoms with E-state index < -0.39 is 21.8 Å². The fraction of sp³-hybridized carbons (Fsp3) is 0.231. The summed E-state index contributed by atoms with van der Waals surface area (Å²) in [5.74, 6) is -0.898. The topological polar surface area (TPSA) is 114 Å². The van der Waals surface area contributed by atoms with E-state index in [1.807, 2.05) is 45.0 Å². The second-order valence-corrected chi connectivity index (χ2v) is 9.65. The van der Waals surface area contributed by atoms with Gasteiger partial charge in [0.15, 0.2) is 0 Å². The highest BCUT2D eigenvalue weighted by molar-refractivity contribution is 7.92. The van der Waals surface area contributed by atoms with Crippen LogP contribution in [0.2, 0.25) is 0 Å². The van der Waals surface area contributed by atoms with Crippen LogP contribution in [-0.2, 0) is 21.2 Å². The van der Waals surface area contributed by atoms with Crippen LogP contribution < -0.4 is 20.1 Å². The number of ether oxygens (including phenoxy) is 1. The molecule has 0 saturated carbocycles. The molecule has 0 bridgehead atoms. The van der Waals surface area contributed by atoms with Crippen molar-refractivity contribution in [2.45, 2.75) is 32.1 Å². The summed E-state index contributed by atoms with van der Waals surface area (Å²) < 4.78 is 33.8. The van der Waals surface area contributed by atoms with Gasteiger partial charge in [-0.2, -0.15) is 0 Å². The Kier molecular flexibility index (Phi) is 8.14. The number of sulfonamides is 1. The van der Waals surface area contributed by atoms with Crippen molar-refractivity contribution in [1.82, 2.24) is 5.32 Å². The van der Waals surface area contributed by atoms with Gasteiger partial charge < -0.3 is 15.4 Å². The third-order valence-electron chi connectivity index (χ3n) is 5.62. The molecule has 3 rings (SSSR count). The third-order valence-corrected chi connectivity index (χ3v) is 7.02. The molecule has 3 aromatic rings. The summed E-state index contributed by atoms with van der Waals surface area (Å²) in [5, 5.41) is 5.29. The number of nitrogens with one attached hydrogen (secondary N) is 3. The Hall–Kier alpha value is -3.85. The maximum atomic E-state index is 13.1. The van der Waals surface area contributed by atoms with Crippen molar-refractivity contribution in [1.29, 1.82) is 0 Å². The molecule has 0 atom stereocenters. The number of benzene rings is 3. The Morgan fingerprint density at radius 1 is 0.971 bits per heavy atom. The zero-order chi connectivity index (χ0) is 25.6. The second kappa shape index (κ2) is 11.1. The highest BCUT2D eigenvalue weighted by Gasteiger charge is 2.22. The summed E-state index contributed by atoms with van der Waals surface area (Å²) in [4.78, 5) is 24.8. The lowest BCUT2D eigenvalue weighted by Crippen LogP contribution is -2.33. The average molecular weight is 496 g/mol. The monoisotopic (exact) mass is 495 g/mol. The van der Waals surface area contributed by atoms with Crippen LogP contribution >= 0.6 is 0 Å². The predicted octanol–water partition coefficient (Wildman–Crippen LogP) is 4.04. The number of methoxy groups -OCH3 is 1. The van der Waals surface area contributed by atoms with Gasteiger partial charge in [0, 0.05) is 16.9 Å². The van der Waals surface area contributed by atoms with Crippen LogP contribution in [0.1, 0.15) is 34.0 Å². The molecule has 0 radical (unpaired) electrons. The second-order valence-electron chi connectivity index (χ2n) is 8.00. The molecule has 0 spiro atoms. The first kappa shape index (κ1) is 25.8. The quantitative estimate of drug-likeness (QED) is 0.415. The molecule has 0 aliphatic rings. The smallest absolute Gasteiger partial charge is 0.265 e. The van der Waals surface area contributed by atoms with Crippen molar-refractivity contribution >= 4 is 33.2 Å². The zero-order valence-corrected chi connectivity index (χ0v) is 21.0. The minimum atomic E-state index is -4.05. The first-order valence-electron chi connectivity index (χ1n) is 11.1. The molecule has 0 fully saturated rings. The van der Waals surface area contributed by atoms with Crippen LogP contribution in [-0.4, -0.2) is 33.9 Å². The standard InChI is InChI=1S/C26H29N3O5S/c1-5-19-9-12-21(13-10-19)29-35(32,33)24-15-20(11-14-23(24)34-4)26(31)27-16-25(30)28-22-8-6-7-17(2)18(22)3/h6-15,29H,5,16H2,1-4H3,(H,27,31)(H,28,30). The van der Waals surface area contributed by atoms with Gasteiger partial charge in [-0.3, -0.25) is 14.3 Å². The molecule has 2 amide bonds. The summed E-state index contributed by atoms with van der Waals surface area (Å²) in [6.07, 6.45) is 0.834. The van der Waals surface area contributed by atoms with Gasteiger partial charge in [-0.25, -0.2) is 8.42 Å². The molecule has 0 aromatic heterocycles. The Bertz CT molecular complexity index is 1340. The Morgan fingerprint density at radius 2 is 1.69 bits per heavy atom. The van der Waals surface area contributed by atoms with E-state index >= 15 is 0 Å². The largest absolute Gasteiger partial charge is 0.495 e. The van der Waals surface area contributed by atoms with Crippen molar-refractivity contribution in [3.05, 3.63) is 82.9 Å². The molecule has 0 saturated heterocycles. The molecule has 9 heteroatoms. The lowest BCUT2D eigenvalue weighted by molar-refractivity contribution is -0.115. The number of carbonyl (C=O) groups excluding carboxylic acids is 2. The maximum absolute atomic E-state index is 13.1. The molecule has 3 N–H and O–H groups in total. The first-order chi connectivity index (χ1) is 16.6. The van der Waals surface area contributed by atoms with Crippen molar-refractivity contribution < 1.29 is 22.7 Å². The maximum Gasteiger partial charge on any atom is 0.265 e. The lowest BCUT2D eigenvalue weighted by atomic mass is 10.1. The molecule has 3 aromatic carbocycles. The van der Waals surface area contributed by atoms with Gasteiger partial charge in [-0.15, -0.1) is 0 Å². The van der Waals surface area contributed by atoms with Crippen LogP contribution in [0.15, 0.2) is 65.6 Å². The van der Waals surface area contributed by atoms with Gasteiger partial charge in [-0.05, 0) is 73.4 Å². The van der Waals surface area contributed by atoms with Crippen LogP contribution in [0.25, 0.3) is 0 Å². The molecule has 0 unspecified atom stereocenters. The zero-order valence-electron chi connectivity index (χ0n) is 20.1. The van der Waals surface area contributed by atoms with E-state index in [1.165, 1.54) is 25.3 Å². The number of hydrogen-bond acceptors (Lipinski definition) is 5. The fourth-order valence-electron chi connectivity index (χ4n) is 3.39. The van der Waals surface area contributed by atoms with Gasteiger partial charge in [0.05, 0.1) is 13.7 Å². The van der Waals surface area contributed by atoms with Gasteiger partial charge in [0.1, 0.15) is 10.6 Å². The van der Waals surface area contributed by atoms with E-state index in [0.29, 0.717) is 11.4 Å². The van der Waals surface area contributed by atoms with Crippen LogP contribution in [0.3, 0.4) is 0 Å². The molecule has 8 nitrogen and oxygen atoms in total. The SMILES string of the molecule is CCc1ccc(NS(=O)(=O)c2cc(C(=O)NCC(=O)Nc3cccc(C)c3C)ccc2OC)cc1. The van der Waals surface area contributed by atoms with Crippen LogP contribution in [0.4, 0.5) is 11.4 Å². The van der Waals surface area contributed by atoms with Gasteiger partial charge >= 0.3 is 0 Å². The summed E-state index contributed by atoms with van der Waals surface area (Å²) in [6.45, 7) is 5.57. The van der Waals surface area contributed by atoms with Gasteiger partial charge in [0.2, 0.25) is 5.91 Å². The molecule has 35 heavy (non-hydrogen) atoms. The fourth-order valence-corrected chi connectivity index (χ4v) is 4.64. The van der Waals surface area contributed by atoms with Crippen LogP contribution in [0, 0.1) is 13.8 Å². The van der Waals surface area contributed by atoms with E-state index in [-0.39, 0.29) is 22.8 Å². The Balaban J connectivity index is 1.73. The summed E-state index contributed by atoms with van der Waals surface area (Å²) >= 11 is 0. The summed E-state index contributed by atoms with van der Waals surface area (Å²) in [7, 11) is -2.70. The number of aryl methyl sites for hydroxylation is 2. The number of carbonyl (C=O) groups is 2. The normalized spacial score (nSPS) is 11.0. The molecule has 0 heterocycles. The number of anilines is 2. The number of amides is 2. The van der Waals surface area contributed by atoms with Gasteiger partial charge in [0.25, 0.3) is 15.9 Å². The van der Waals surface area contributed by atoms with Crippen molar-refractivity contribution in [2.75, 3.05) is 23.7 Å². The minimum Gasteiger partial charge on any atom is -0.495 e. The first-order valence-corrected chi connectivity index (χ1v) is 12.6. The molecule has 0 aliphatic heterocycles. The summed E-state index contributed by atoms with van der Waals surface area (Å²) in [5.41, 5.74) is 4.18. The molecule has 0 aliphatic carbocycles. The Labute approximate surface area is 205 Å². The predicted molar refractivity (Wildman–Crippen MR) is 137 cm³/mol. The molecular weight excluding hydrogens is 466 g/mol. The van der Waals surface area contributed by atoms with E-state index in [1.54, 1.807) is 18.2 Å². The highest BCUT2D eigenvalue weighted by Crippen LogP contribution is 2.27. The van der Waals surface area contributed by atoms with Crippen molar-refractivity contribution in [3.63, 3.8) is 0 Å². The molecular formula is C26H29N3O5S. The van der Waals surface area contributed by atoms with E-state index in [4.69, 9.17) is 4.74 Å². The lowest BCUT2D eigenvalue weighted by Gasteiger charge is -2.14. The van der Waals surface area contributed by atoms with Gasteiger partial charge in [-0.1, -0.05) is 31.2 Å². The van der Waals surface area contributed by atoms with E-state index in [2.05, 4.69) is 15.4 Å². The minimum absolute atomic E-state index is 0.0760. The van der Waals surface area contributed by atoms with E-state index in [9.17, 15) is 18.0 Å². The van der Waals surface area contributed by atoms with Crippen molar-refractivity contribution in [2.24, 2.45) is 0 Å². The van der Waals surface area contributed by atoms with Crippen LogP contribution in [0.5, 0.6) is 5.75 Å². The highest BCUT2D eigenvalue weighted by atomic mass is 32.2.